The minimum atomic E-state index is -0.0907. The molecular formula is C17H25N3O2. The number of hydrogen-bond acceptors (Lipinski definition) is 3. The maximum atomic E-state index is 11.9. The van der Waals surface area contributed by atoms with Gasteiger partial charge >= 0.3 is 0 Å². The Bertz CT molecular complexity index is 513. The molecule has 0 aromatic heterocycles. The molecule has 0 bridgehead atoms. The van der Waals surface area contributed by atoms with Gasteiger partial charge in [-0.25, -0.2) is 0 Å². The van der Waals surface area contributed by atoms with Crippen molar-refractivity contribution in [2.24, 2.45) is 11.8 Å². The summed E-state index contributed by atoms with van der Waals surface area (Å²) < 4.78 is 0. The van der Waals surface area contributed by atoms with Crippen molar-refractivity contribution in [1.29, 1.82) is 0 Å². The van der Waals surface area contributed by atoms with Gasteiger partial charge < -0.3 is 16.0 Å². The lowest BCUT2D eigenvalue weighted by Gasteiger charge is -2.08. The topological polar surface area (TPSA) is 70.2 Å². The summed E-state index contributed by atoms with van der Waals surface area (Å²) in [5, 5.41) is 8.98. The Morgan fingerprint density at radius 2 is 1.82 bits per heavy atom. The largest absolute Gasteiger partial charge is 0.351 e. The van der Waals surface area contributed by atoms with E-state index in [1.165, 1.54) is 0 Å². The quantitative estimate of drug-likeness (QED) is 0.643. The molecule has 2 atom stereocenters. The Morgan fingerprint density at radius 1 is 1.14 bits per heavy atom. The molecule has 1 aliphatic rings. The fourth-order valence-electron chi connectivity index (χ4n) is 2.30. The van der Waals surface area contributed by atoms with E-state index in [1.807, 2.05) is 0 Å². The molecule has 1 fully saturated rings. The zero-order chi connectivity index (χ0) is 15.9. The third-order valence-corrected chi connectivity index (χ3v) is 3.87. The van der Waals surface area contributed by atoms with Crippen LogP contribution in [0.2, 0.25) is 0 Å². The summed E-state index contributed by atoms with van der Waals surface area (Å²) in [6, 6.07) is 7.02. The second-order valence-corrected chi connectivity index (χ2v) is 5.89. The van der Waals surface area contributed by atoms with E-state index < -0.39 is 0 Å². The first-order valence-corrected chi connectivity index (χ1v) is 8.01. The minimum absolute atomic E-state index is 0.0756. The fourth-order valence-corrected chi connectivity index (χ4v) is 2.30. The Morgan fingerprint density at radius 3 is 2.41 bits per heavy atom. The van der Waals surface area contributed by atoms with Gasteiger partial charge in [-0.3, -0.25) is 9.59 Å². The normalized spacial score (nSPS) is 19.5. The molecule has 120 valence electrons. The van der Waals surface area contributed by atoms with Gasteiger partial charge in [0.15, 0.2) is 0 Å². The van der Waals surface area contributed by atoms with E-state index in [1.54, 1.807) is 24.3 Å². The SMILES string of the molecule is CCCNCCNC(=O)c1ccc(NC(=O)C2CC2C)cc1. The third kappa shape index (κ3) is 4.84. The van der Waals surface area contributed by atoms with Gasteiger partial charge in [0.25, 0.3) is 5.91 Å². The van der Waals surface area contributed by atoms with Crippen molar-refractivity contribution in [3.05, 3.63) is 29.8 Å². The highest BCUT2D eigenvalue weighted by Crippen LogP contribution is 2.38. The van der Waals surface area contributed by atoms with Gasteiger partial charge in [0.2, 0.25) is 5.91 Å². The molecule has 5 nitrogen and oxygen atoms in total. The molecule has 0 aliphatic heterocycles. The van der Waals surface area contributed by atoms with E-state index in [0.29, 0.717) is 18.0 Å². The molecule has 3 N–H and O–H groups in total. The van der Waals surface area contributed by atoms with Crippen LogP contribution in [0.1, 0.15) is 37.0 Å². The molecule has 2 rings (SSSR count). The lowest BCUT2D eigenvalue weighted by atomic mass is 10.2. The molecule has 1 aromatic rings. The summed E-state index contributed by atoms with van der Waals surface area (Å²) in [5.74, 6) is 0.628. The Labute approximate surface area is 131 Å². The van der Waals surface area contributed by atoms with Crippen LogP contribution in [0.4, 0.5) is 5.69 Å². The Hall–Kier alpha value is -1.88. The number of hydrogen-bond donors (Lipinski definition) is 3. The molecule has 1 aliphatic carbocycles. The molecular weight excluding hydrogens is 278 g/mol. The first kappa shape index (κ1) is 16.5. The van der Waals surface area contributed by atoms with Crippen LogP contribution in [0.5, 0.6) is 0 Å². The highest BCUT2D eigenvalue weighted by molar-refractivity contribution is 5.96. The van der Waals surface area contributed by atoms with Gasteiger partial charge in [0.1, 0.15) is 0 Å². The van der Waals surface area contributed by atoms with E-state index in [4.69, 9.17) is 0 Å². The Balaban J connectivity index is 1.75. The standard InChI is InChI=1S/C17H25N3O2/c1-3-8-18-9-10-19-16(21)13-4-6-14(7-5-13)20-17(22)15-11-12(15)2/h4-7,12,15,18H,3,8-11H2,1-2H3,(H,19,21)(H,20,22). The van der Waals surface area contributed by atoms with Crippen molar-refractivity contribution in [2.45, 2.75) is 26.7 Å². The highest BCUT2D eigenvalue weighted by Gasteiger charge is 2.38. The lowest BCUT2D eigenvalue weighted by molar-refractivity contribution is -0.117. The lowest BCUT2D eigenvalue weighted by Crippen LogP contribution is -2.32. The second-order valence-electron chi connectivity index (χ2n) is 5.89. The first-order chi connectivity index (χ1) is 10.6. The van der Waals surface area contributed by atoms with E-state index in [2.05, 4.69) is 29.8 Å². The van der Waals surface area contributed by atoms with Crippen molar-refractivity contribution >= 4 is 17.5 Å². The van der Waals surface area contributed by atoms with Crippen molar-refractivity contribution in [3.8, 4) is 0 Å². The molecule has 0 saturated heterocycles. The highest BCUT2D eigenvalue weighted by atomic mass is 16.2. The third-order valence-electron chi connectivity index (χ3n) is 3.87. The number of anilines is 1. The summed E-state index contributed by atoms with van der Waals surface area (Å²) in [5.41, 5.74) is 1.35. The van der Waals surface area contributed by atoms with Crippen molar-refractivity contribution in [3.63, 3.8) is 0 Å². The molecule has 0 radical (unpaired) electrons. The summed E-state index contributed by atoms with van der Waals surface area (Å²) in [7, 11) is 0. The first-order valence-electron chi connectivity index (χ1n) is 8.01. The Kier molecular flexibility index (Phi) is 5.95. The van der Waals surface area contributed by atoms with Crippen LogP contribution in [-0.4, -0.2) is 31.4 Å². The number of amides is 2. The predicted molar refractivity (Wildman–Crippen MR) is 87.8 cm³/mol. The van der Waals surface area contributed by atoms with Gasteiger partial charge in [-0.2, -0.15) is 0 Å². The minimum Gasteiger partial charge on any atom is -0.351 e. The second kappa shape index (κ2) is 7.94. The van der Waals surface area contributed by atoms with Crippen LogP contribution in [0, 0.1) is 11.8 Å². The van der Waals surface area contributed by atoms with E-state index in [0.717, 1.165) is 31.6 Å². The van der Waals surface area contributed by atoms with Crippen LogP contribution < -0.4 is 16.0 Å². The van der Waals surface area contributed by atoms with Gasteiger partial charge in [-0.15, -0.1) is 0 Å². The van der Waals surface area contributed by atoms with Crippen molar-refractivity contribution < 1.29 is 9.59 Å². The summed E-state index contributed by atoms with van der Waals surface area (Å²) in [6.07, 6.45) is 2.05. The smallest absolute Gasteiger partial charge is 0.251 e. The average molecular weight is 303 g/mol. The molecule has 0 heterocycles. The zero-order valence-corrected chi connectivity index (χ0v) is 13.3. The van der Waals surface area contributed by atoms with Gasteiger partial charge in [-0.05, 0) is 49.6 Å². The molecule has 22 heavy (non-hydrogen) atoms. The number of carbonyl (C=O) groups excluding carboxylic acids is 2. The molecule has 1 saturated carbocycles. The maximum absolute atomic E-state index is 11.9. The van der Waals surface area contributed by atoms with Gasteiger partial charge in [-0.1, -0.05) is 13.8 Å². The van der Waals surface area contributed by atoms with Crippen LogP contribution >= 0.6 is 0 Å². The van der Waals surface area contributed by atoms with Crippen molar-refractivity contribution in [1.82, 2.24) is 10.6 Å². The van der Waals surface area contributed by atoms with Crippen LogP contribution in [0.25, 0.3) is 0 Å². The summed E-state index contributed by atoms with van der Waals surface area (Å²) in [6.45, 7) is 6.52. The molecule has 0 spiro atoms. The van der Waals surface area contributed by atoms with Crippen LogP contribution in [0.3, 0.4) is 0 Å². The van der Waals surface area contributed by atoms with Crippen molar-refractivity contribution in [2.75, 3.05) is 25.0 Å². The fraction of sp³-hybridized carbons (Fsp3) is 0.529. The van der Waals surface area contributed by atoms with E-state index in [-0.39, 0.29) is 17.7 Å². The summed E-state index contributed by atoms with van der Waals surface area (Å²) >= 11 is 0. The molecule has 5 heteroatoms. The van der Waals surface area contributed by atoms with E-state index in [9.17, 15) is 9.59 Å². The number of nitrogens with one attached hydrogen (secondary N) is 3. The molecule has 2 unspecified atom stereocenters. The maximum Gasteiger partial charge on any atom is 0.251 e. The van der Waals surface area contributed by atoms with Gasteiger partial charge in [0.05, 0.1) is 0 Å². The van der Waals surface area contributed by atoms with Crippen LogP contribution in [0.15, 0.2) is 24.3 Å². The zero-order valence-electron chi connectivity index (χ0n) is 13.3. The monoisotopic (exact) mass is 303 g/mol. The average Bonchev–Trinajstić information content (AvgIpc) is 3.25. The number of carbonyl (C=O) groups is 2. The number of benzene rings is 1. The van der Waals surface area contributed by atoms with Gasteiger partial charge in [0, 0.05) is 30.3 Å². The number of rotatable bonds is 8. The summed E-state index contributed by atoms with van der Waals surface area (Å²) in [4.78, 5) is 23.8. The van der Waals surface area contributed by atoms with E-state index >= 15 is 0 Å². The predicted octanol–water partition coefficient (Wildman–Crippen LogP) is 2.01. The molecule has 2 amide bonds. The van der Waals surface area contributed by atoms with Crippen LogP contribution in [-0.2, 0) is 4.79 Å². The molecule has 1 aromatic carbocycles.